The summed E-state index contributed by atoms with van der Waals surface area (Å²) in [6.45, 7) is 2.25. The molecule has 7 heteroatoms. The zero-order valence-electron chi connectivity index (χ0n) is 13.4. The van der Waals surface area contributed by atoms with Crippen LogP contribution in [0.5, 0.6) is 0 Å². The fourth-order valence-corrected chi connectivity index (χ4v) is 2.97. The Morgan fingerprint density at radius 3 is 2.79 bits per heavy atom. The largest absolute Gasteiger partial charge is 0.369 e. The molecule has 0 aliphatic carbocycles. The van der Waals surface area contributed by atoms with Crippen LogP contribution in [-0.4, -0.2) is 39.1 Å². The molecule has 1 aromatic carbocycles. The second-order valence-electron chi connectivity index (χ2n) is 6.11. The van der Waals surface area contributed by atoms with E-state index in [9.17, 15) is 14.0 Å². The van der Waals surface area contributed by atoms with Gasteiger partial charge in [0.2, 0.25) is 5.91 Å². The quantitative estimate of drug-likeness (QED) is 0.931. The maximum atomic E-state index is 13.3. The van der Waals surface area contributed by atoms with Crippen LogP contribution in [0.1, 0.15) is 30.3 Å². The highest BCUT2D eigenvalue weighted by molar-refractivity contribution is 5.93. The van der Waals surface area contributed by atoms with Crippen molar-refractivity contribution in [2.75, 3.05) is 6.54 Å². The van der Waals surface area contributed by atoms with Crippen LogP contribution in [0.2, 0.25) is 0 Å². The smallest absolute Gasteiger partial charge is 0.274 e. The Hall–Kier alpha value is -2.70. The third-order valence-electron chi connectivity index (χ3n) is 4.43. The summed E-state index contributed by atoms with van der Waals surface area (Å²) in [6, 6.07) is 7.59. The van der Waals surface area contributed by atoms with E-state index in [0.29, 0.717) is 18.7 Å². The second kappa shape index (κ2) is 6.43. The Morgan fingerprint density at radius 1 is 1.29 bits per heavy atom. The molecule has 0 bridgehead atoms. The van der Waals surface area contributed by atoms with Crippen molar-refractivity contribution in [1.29, 1.82) is 0 Å². The first-order chi connectivity index (χ1) is 11.5. The highest BCUT2D eigenvalue weighted by Gasteiger charge is 2.32. The Morgan fingerprint density at radius 2 is 2.08 bits per heavy atom. The van der Waals surface area contributed by atoms with Crippen LogP contribution in [0, 0.1) is 11.7 Å². The van der Waals surface area contributed by atoms with Gasteiger partial charge >= 0.3 is 0 Å². The lowest BCUT2D eigenvalue weighted by molar-refractivity contribution is -0.123. The zero-order valence-corrected chi connectivity index (χ0v) is 13.4. The molecule has 2 N–H and O–H groups in total. The second-order valence-corrected chi connectivity index (χ2v) is 6.11. The first-order valence-corrected chi connectivity index (χ1v) is 7.87. The molecule has 1 aliphatic heterocycles. The van der Waals surface area contributed by atoms with E-state index in [2.05, 4.69) is 5.10 Å². The van der Waals surface area contributed by atoms with Crippen molar-refractivity contribution in [3.63, 3.8) is 0 Å². The highest BCUT2D eigenvalue weighted by Crippen LogP contribution is 2.23. The predicted molar refractivity (Wildman–Crippen MR) is 85.9 cm³/mol. The molecule has 6 nitrogen and oxygen atoms in total. The van der Waals surface area contributed by atoms with Crippen molar-refractivity contribution < 1.29 is 14.0 Å². The van der Waals surface area contributed by atoms with Gasteiger partial charge in [-0.15, -0.1) is 0 Å². The van der Waals surface area contributed by atoms with Gasteiger partial charge in [-0.3, -0.25) is 9.59 Å². The lowest BCUT2D eigenvalue weighted by Gasteiger charge is -2.36. The highest BCUT2D eigenvalue weighted by atomic mass is 19.1. The number of hydrogen-bond donors (Lipinski definition) is 1. The van der Waals surface area contributed by atoms with Gasteiger partial charge in [-0.1, -0.05) is 6.07 Å². The van der Waals surface area contributed by atoms with Crippen molar-refractivity contribution in [3.05, 3.63) is 48.0 Å². The van der Waals surface area contributed by atoms with Crippen molar-refractivity contribution in [3.8, 4) is 5.69 Å². The maximum absolute atomic E-state index is 13.3. The van der Waals surface area contributed by atoms with E-state index in [1.165, 1.54) is 16.8 Å². The summed E-state index contributed by atoms with van der Waals surface area (Å²) in [6.07, 6.45) is 3.03. The lowest BCUT2D eigenvalue weighted by atomic mass is 9.92. The van der Waals surface area contributed by atoms with Gasteiger partial charge in [-0.2, -0.15) is 5.10 Å². The summed E-state index contributed by atoms with van der Waals surface area (Å²) < 4.78 is 14.8. The van der Waals surface area contributed by atoms with Gasteiger partial charge in [0, 0.05) is 18.8 Å². The molecule has 24 heavy (non-hydrogen) atoms. The summed E-state index contributed by atoms with van der Waals surface area (Å²) in [7, 11) is 0. The average Bonchev–Trinajstić information content (AvgIpc) is 3.04. The van der Waals surface area contributed by atoms with Gasteiger partial charge in [-0.25, -0.2) is 9.07 Å². The number of likely N-dealkylation sites (tertiary alicyclic amines) is 1. The minimum atomic E-state index is -0.384. The molecular formula is C17H19FN4O2. The molecule has 2 aromatic rings. The number of halogens is 1. The Balaban J connectivity index is 1.81. The number of aromatic nitrogens is 2. The number of primary amides is 1. The monoisotopic (exact) mass is 330 g/mol. The van der Waals surface area contributed by atoms with Crippen molar-refractivity contribution in [2.45, 2.75) is 25.8 Å². The van der Waals surface area contributed by atoms with E-state index in [1.54, 1.807) is 29.3 Å². The summed E-state index contributed by atoms with van der Waals surface area (Å²) in [5.74, 6) is -1.33. The number of carbonyl (C=O) groups is 2. The third-order valence-corrected chi connectivity index (χ3v) is 4.43. The van der Waals surface area contributed by atoms with Gasteiger partial charge in [0.1, 0.15) is 5.82 Å². The molecule has 3 rings (SSSR count). The first kappa shape index (κ1) is 16.2. The van der Waals surface area contributed by atoms with Gasteiger partial charge in [0.25, 0.3) is 5.91 Å². The summed E-state index contributed by atoms with van der Waals surface area (Å²) in [5.41, 5.74) is 6.17. The maximum Gasteiger partial charge on any atom is 0.274 e. The molecule has 1 saturated heterocycles. The van der Waals surface area contributed by atoms with Crippen molar-refractivity contribution in [2.24, 2.45) is 11.7 Å². The third kappa shape index (κ3) is 3.15. The Bertz CT molecular complexity index is 773. The fourth-order valence-electron chi connectivity index (χ4n) is 2.97. The minimum absolute atomic E-state index is 0.0208. The molecule has 0 radical (unpaired) electrons. The number of nitrogens with zero attached hydrogens (tertiary/aromatic N) is 3. The molecule has 1 aliphatic rings. The van der Waals surface area contributed by atoms with Crippen molar-refractivity contribution in [1.82, 2.24) is 14.7 Å². The van der Waals surface area contributed by atoms with Crippen LogP contribution in [0.4, 0.5) is 4.39 Å². The molecule has 1 fully saturated rings. The van der Waals surface area contributed by atoms with E-state index < -0.39 is 0 Å². The van der Waals surface area contributed by atoms with Crippen LogP contribution in [0.25, 0.3) is 5.69 Å². The SMILES string of the molecule is C[C@H]1CC[C@H](C(N)=O)CN1C(=O)c1ccn(-c2cccc(F)c2)n1. The molecule has 2 atom stereocenters. The normalized spacial score (nSPS) is 20.8. The molecule has 2 amide bonds. The van der Waals surface area contributed by atoms with Gasteiger partial charge in [0.15, 0.2) is 5.69 Å². The van der Waals surface area contributed by atoms with Gasteiger partial charge < -0.3 is 10.6 Å². The average molecular weight is 330 g/mol. The van der Waals surface area contributed by atoms with Crippen LogP contribution in [-0.2, 0) is 4.79 Å². The summed E-state index contributed by atoms with van der Waals surface area (Å²) >= 11 is 0. The van der Waals surface area contributed by atoms with Crippen LogP contribution in [0.15, 0.2) is 36.5 Å². The standard InChI is InChI=1S/C17H19FN4O2/c1-11-5-6-12(16(19)23)10-21(11)17(24)15-7-8-22(20-15)14-4-2-3-13(18)9-14/h2-4,7-9,11-12H,5-6,10H2,1H3,(H2,19,23)/t11-,12-/m0/s1. The van der Waals surface area contributed by atoms with Gasteiger partial charge in [0.05, 0.1) is 11.6 Å². The number of amides is 2. The van der Waals surface area contributed by atoms with Crippen LogP contribution in [0.3, 0.4) is 0 Å². The number of nitrogens with two attached hydrogens (primary N) is 1. The molecule has 2 heterocycles. The molecule has 1 aromatic heterocycles. The molecule has 0 unspecified atom stereocenters. The number of carbonyl (C=O) groups excluding carboxylic acids is 2. The lowest BCUT2D eigenvalue weighted by Crippen LogP contribution is -2.48. The molecule has 0 saturated carbocycles. The van der Waals surface area contributed by atoms with E-state index in [-0.39, 0.29) is 35.3 Å². The fraction of sp³-hybridized carbons (Fsp3) is 0.353. The Labute approximate surface area is 139 Å². The molecular weight excluding hydrogens is 311 g/mol. The van der Waals surface area contributed by atoms with E-state index in [0.717, 1.165) is 6.42 Å². The van der Waals surface area contributed by atoms with Crippen molar-refractivity contribution >= 4 is 11.8 Å². The summed E-state index contributed by atoms with van der Waals surface area (Å²) in [5, 5.41) is 4.24. The predicted octanol–water partition coefficient (Wildman–Crippen LogP) is 1.74. The first-order valence-electron chi connectivity index (χ1n) is 7.87. The number of rotatable bonds is 3. The number of hydrogen-bond acceptors (Lipinski definition) is 3. The number of benzene rings is 1. The van der Waals surface area contributed by atoms with Gasteiger partial charge in [-0.05, 0) is 44.0 Å². The topological polar surface area (TPSA) is 81.2 Å². The van der Waals surface area contributed by atoms with E-state index in [4.69, 9.17) is 5.73 Å². The molecule has 126 valence electrons. The van der Waals surface area contributed by atoms with Crippen LogP contribution >= 0.6 is 0 Å². The Kier molecular flexibility index (Phi) is 4.33. The van der Waals surface area contributed by atoms with E-state index in [1.807, 2.05) is 6.92 Å². The number of piperidine rings is 1. The minimum Gasteiger partial charge on any atom is -0.369 e. The molecule has 0 spiro atoms. The van der Waals surface area contributed by atoms with E-state index >= 15 is 0 Å². The summed E-state index contributed by atoms with van der Waals surface area (Å²) in [4.78, 5) is 25.8. The van der Waals surface area contributed by atoms with Crippen LogP contribution < -0.4 is 5.73 Å². The zero-order chi connectivity index (χ0) is 17.3.